The smallest absolute Gasteiger partial charge is 0.279 e. The van der Waals surface area contributed by atoms with E-state index < -0.39 is 23.8 Å². The van der Waals surface area contributed by atoms with Crippen LogP contribution in [0.3, 0.4) is 0 Å². The fraction of sp³-hybridized carbons (Fsp3) is 0.211. The number of amides is 2. The highest BCUT2D eigenvalue weighted by Crippen LogP contribution is 2.40. The molecule has 0 radical (unpaired) electrons. The summed E-state index contributed by atoms with van der Waals surface area (Å²) in [6.07, 6.45) is -0.996. The van der Waals surface area contributed by atoms with Crippen LogP contribution >= 0.6 is 23.2 Å². The number of hydrogen-bond donors (Lipinski definition) is 0. The number of hydrogen-bond acceptors (Lipinski definition) is 5. The molecule has 0 aromatic heterocycles. The Hall–Kier alpha value is -2.57. The average molecular weight is 405 g/mol. The second-order valence-corrected chi connectivity index (χ2v) is 7.12. The van der Waals surface area contributed by atoms with Crippen LogP contribution in [0, 0.1) is 12.8 Å². The summed E-state index contributed by atoms with van der Waals surface area (Å²) in [6.45, 7) is 1.79. The molecule has 0 bridgehead atoms. The summed E-state index contributed by atoms with van der Waals surface area (Å²) in [5, 5.41) is 5.02. The zero-order valence-corrected chi connectivity index (χ0v) is 15.9. The molecule has 138 valence electrons. The molecule has 0 saturated carbocycles. The van der Waals surface area contributed by atoms with Crippen LogP contribution < -0.4 is 9.64 Å². The van der Waals surface area contributed by atoms with Gasteiger partial charge in [-0.3, -0.25) is 9.59 Å². The maximum Gasteiger partial charge on any atom is 0.279 e. The summed E-state index contributed by atoms with van der Waals surface area (Å²) in [6, 6.07) is 10.1. The first-order valence-corrected chi connectivity index (χ1v) is 8.89. The van der Waals surface area contributed by atoms with E-state index in [2.05, 4.69) is 5.16 Å². The molecule has 2 unspecified atom stereocenters. The van der Waals surface area contributed by atoms with Gasteiger partial charge in [0.25, 0.3) is 5.91 Å². The molecule has 0 spiro atoms. The Labute approximate surface area is 165 Å². The third-order valence-corrected chi connectivity index (χ3v) is 5.31. The van der Waals surface area contributed by atoms with Gasteiger partial charge in [0.15, 0.2) is 0 Å². The first-order chi connectivity index (χ1) is 12.9. The Morgan fingerprint density at radius 3 is 2.48 bits per heavy atom. The molecule has 2 atom stereocenters. The third kappa shape index (κ3) is 2.76. The van der Waals surface area contributed by atoms with Crippen molar-refractivity contribution >= 4 is 46.4 Å². The number of imide groups is 1. The van der Waals surface area contributed by atoms with Gasteiger partial charge in [-0.05, 0) is 30.7 Å². The molecule has 4 rings (SSSR count). The predicted octanol–water partition coefficient (Wildman–Crippen LogP) is 3.60. The monoisotopic (exact) mass is 404 g/mol. The highest BCUT2D eigenvalue weighted by Gasteiger charge is 2.56. The van der Waals surface area contributed by atoms with Crippen LogP contribution in [-0.4, -0.2) is 30.7 Å². The topological polar surface area (TPSA) is 68.2 Å². The molecule has 2 aliphatic rings. The molecule has 27 heavy (non-hydrogen) atoms. The van der Waals surface area contributed by atoms with Crippen molar-refractivity contribution in [3.8, 4) is 5.75 Å². The third-order valence-electron chi connectivity index (χ3n) is 4.65. The summed E-state index contributed by atoms with van der Waals surface area (Å²) in [5.41, 5.74) is 2.14. The molecule has 2 aromatic carbocycles. The van der Waals surface area contributed by atoms with Crippen LogP contribution in [0.1, 0.15) is 11.1 Å². The number of aryl methyl sites for hydroxylation is 1. The SMILES string of the molecule is COc1cc(Cl)c(C)cc1N1C(=O)C2ON=C(c3ccc(Cl)cc3)C2C1=O. The zero-order valence-electron chi connectivity index (χ0n) is 14.4. The van der Waals surface area contributed by atoms with E-state index in [0.29, 0.717) is 32.8 Å². The van der Waals surface area contributed by atoms with Crippen molar-refractivity contribution in [3.63, 3.8) is 0 Å². The number of fused-ring (bicyclic) bond motifs is 1. The van der Waals surface area contributed by atoms with Gasteiger partial charge in [-0.15, -0.1) is 0 Å². The molecule has 2 aromatic rings. The molecular formula is C19H14Cl2N2O4. The van der Waals surface area contributed by atoms with Gasteiger partial charge in [-0.1, -0.05) is 40.5 Å². The Morgan fingerprint density at radius 1 is 1.11 bits per heavy atom. The van der Waals surface area contributed by atoms with Crippen LogP contribution in [0.4, 0.5) is 5.69 Å². The number of rotatable bonds is 3. The Morgan fingerprint density at radius 2 is 1.81 bits per heavy atom. The highest BCUT2D eigenvalue weighted by molar-refractivity contribution is 6.34. The lowest BCUT2D eigenvalue weighted by Gasteiger charge is -2.19. The van der Waals surface area contributed by atoms with Crippen LogP contribution in [0.25, 0.3) is 0 Å². The Balaban J connectivity index is 1.75. The summed E-state index contributed by atoms with van der Waals surface area (Å²) in [7, 11) is 1.45. The summed E-state index contributed by atoms with van der Waals surface area (Å²) >= 11 is 12.1. The van der Waals surface area contributed by atoms with Crippen LogP contribution in [0.15, 0.2) is 41.6 Å². The first-order valence-electron chi connectivity index (χ1n) is 8.14. The van der Waals surface area contributed by atoms with Gasteiger partial charge in [0.1, 0.15) is 17.4 Å². The minimum atomic E-state index is -0.996. The van der Waals surface area contributed by atoms with Crippen molar-refractivity contribution in [2.45, 2.75) is 13.0 Å². The van der Waals surface area contributed by atoms with Crippen LogP contribution in [0.5, 0.6) is 5.75 Å². The van der Waals surface area contributed by atoms with Crippen molar-refractivity contribution in [2.75, 3.05) is 12.0 Å². The normalized spacial score (nSPS) is 21.2. The van der Waals surface area contributed by atoms with Crippen LogP contribution in [-0.2, 0) is 14.4 Å². The number of anilines is 1. The minimum absolute atomic E-state index is 0.331. The van der Waals surface area contributed by atoms with Crippen molar-refractivity contribution < 1.29 is 19.2 Å². The molecule has 8 heteroatoms. The summed E-state index contributed by atoms with van der Waals surface area (Å²) in [4.78, 5) is 32.4. The Kier molecular flexibility index (Phi) is 4.32. The summed E-state index contributed by atoms with van der Waals surface area (Å²) < 4.78 is 5.32. The molecule has 1 saturated heterocycles. The van der Waals surface area contributed by atoms with E-state index in [9.17, 15) is 9.59 Å². The van der Waals surface area contributed by atoms with Crippen molar-refractivity contribution in [1.82, 2.24) is 0 Å². The van der Waals surface area contributed by atoms with Gasteiger partial charge in [0.2, 0.25) is 12.0 Å². The van der Waals surface area contributed by atoms with Gasteiger partial charge in [-0.25, -0.2) is 4.90 Å². The number of nitrogens with zero attached hydrogens (tertiary/aromatic N) is 2. The molecule has 1 fully saturated rings. The maximum absolute atomic E-state index is 13.1. The first kappa shape index (κ1) is 17.8. The zero-order chi connectivity index (χ0) is 19.3. The van der Waals surface area contributed by atoms with E-state index >= 15 is 0 Å². The molecule has 2 amide bonds. The van der Waals surface area contributed by atoms with Gasteiger partial charge >= 0.3 is 0 Å². The van der Waals surface area contributed by atoms with E-state index in [1.54, 1.807) is 43.3 Å². The van der Waals surface area contributed by atoms with Crippen molar-refractivity contribution in [3.05, 3.63) is 57.6 Å². The van der Waals surface area contributed by atoms with Crippen molar-refractivity contribution in [2.24, 2.45) is 11.1 Å². The lowest BCUT2D eigenvalue weighted by molar-refractivity contribution is -0.126. The Bertz CT molecular complexity index is 988. The molecule has 0 N–H and O–H groups in total. The fourth-order valence-electron chi connectivity index (χ4n) is 3.26. The second kappa shape index (κ2) is 6.55. The van der Waals surface area contributed by atoms with E-state index in [1.807, 2.05) is 0 Å². The maximum atomic E-state index is 13.1. The average Bonchev–Trinajstić information content (AvgIpc) is 3.19. The lowest BCUT2D eigenvalue weighted by atomic mass is 9.94. The largest absolute Gasteiger partial charge is 0.495 e. The summed E-state index contributed by atoms with van der Waals surface area (Å²) in [5.74, 6) is -1.40. The van der Waals surface area contributed by atoms with E-state index in [4.69, 9.17) is 32.8 Å². The van der Waals surface area contributed by atoms with E-state index in [0.717, 1.165) is 10.5 Å². The van der Waals surface area contributed by atoms with Gasteiger partial charge < -0.3 is 9.57 Å². The number of ether oxygens (including phenoxy) is 1. The number of carbonyl (C=O) groups excluding carboxylic acids is 2. The number of carbonyl (C=O) groups is 2. The van der Waals surface area contributed by atoms with Crippen molar-refractivity contribution in [1.29, 1.82) is 0 Å². The second-order valence-electron chi connectivity index (χ2n) is 6.27. The molecule has 0 aliphatic carbocycles. The number of halogens is 2. The molecule has 6 nitrogen and oxygen atoms in total. The van der Waals surface area contributed by atoms with E-state index in [-0.39, 0.29) is 0 Å². The van der Waals surface area contributed by atoms with Crippen LogP contribution in [0.2, 0.25) is 10.0 Å². The van der Waals surface area contributed by atoms with Gasteiger partial charge in [-0.2, -0.15) is 0 Å². The highest BCUT2D eigenvalue weighted by atomic mass is 35.5. The lowest BCUT2D eigenvalue weighted by Crippen LogP contribution is -2.33. The molecule has 2 heterocycles. The van der Waals surface area contributed by atoms with E-state index in [1.165, 1.54) is 7.11 Å². The number of methoxy groups -OCH3 is 1. The van der Waals surface area contributed by atoms with Gasteiger partial charge in [0, 0.05) is 21.7 Å². The number of benzene rings is 2. The minimum Gasteiger partial charge on any atom is -0.495 e. The molecule has 2 aliphatic heterocycles. The predicted molar refractivity (Wildman–Crippen MR) is 102 cm³/mol. The quantitative estimate of drug-likeness (QED) is 0.732. The standard InChI is InChI=1S/C19H14Cl2N2O4/c1-9-7-13(14(26-2)8-12(9)21)23-18(24)15-16(22-27-17(15)19(23)25)10-3-5-11(20)6-4-10/h3-8,15,17H,1-2H3. The van der Waals surface area contributed by atoms with Gasteiger partial charge in [0.05, 0.1) is 12.8 Å². The fourth-order valence-corrected chi connectivity index (χ4v) is 3.54. The molecular weight excluding hydrogens is 391 g/mol. The number of oxime groups is 1.